The molecule has 0 saturated carbocycles. The van der Waals surface area contributed by atoms with E-state index in [0.29, 0.717) is 5.70 Å². The first-order chi connectivity index (χ1) is 7.50. The van der Waals surface area contributed by atoms with Gasteiger partial charge in [0.2, 0.25) is 0 Å². The molecule has 16 heavy (non-hydrogen) atoms. The maximum atomic E-state index is 10.7. The molecule has 84 valence electrons. The summed E-state index contributed by atoms with van der Waals surface area (Å²) in [6.07, 6.45) is 0. The maximum absolute atomic E-state index is 10.7. The lowest BCUT2D eigenvalue weighted by Crippen LogP contribution is -2.24. The quantitative estimate of drug-likeness (QED) is 0.674. The highest BCUT2D eigenvalue weighted by Crippen LogP contribution is 2.47. The highest BCUT2D eigenvalue weighted by molar-refractivity contribution is 5.70. The van der Waals surface area contributed by atoms with E-state index in [2.05, 4.69) is 36.1 Å². The van der Waals surface area contributed by atoms with Crippen LogP contribution in [0.3, 0.4) is 0 Å². The fourth-order valence-electron chi connectivity index (χ4n) is 2.70. The van der Waals surface area contributed by atoms with Gasteiger partial charge in [-0.15, -0.1) is 4.91 Å². The second kappa shape index (κ2) is 3.44. The van der Waals surface area contributed by atoms with Gasteiger partial charge in [-0.05, 0) is 23.7 Å². The predicted molar refractivity (Wildman–Crippen MR) is 66.4 cm³/mol. The predicted octanol–water partition coefficient (Wildman–Crippen LogP) is 3.41. The summed E-state index contributed by atoms with van der Waals surface area (Å²) >= 11 is 0. The zero-order chi connectivity index (χ0) is 11.9. The van der Waals surface area contributed by atoms with Gasteiger partial charge in [-0.3, -0.25) is 0 Å². The Morgan fingerprint density at radius 1 is 1.31 bits per heavy atom. The van der Waals surface area contributed by atoms with Crippen molar-refractivity contribution in [3.8, 4) is 0 Å². The molecule has 0 spiro atoms. The summed E-state index contributed by atoms with van der Waals surface area (Å²) in [6.45, 7) is 6.02. The fourth-order valence-corrected chi connectivity index (χ4v) is 2.70. The fraction of sp³-hybridized carbons (Fsp3) is 0.385. The average Bonchev–Trinajstić information content (AvgIpc) is 2.47. The summed E-state index contributed by atoms with van der Waals surface area (Å²) in [4.78, 5) is 12.8. The molecule has 0 bridgehead atoms. The molecule has 0 N–H and O–H groups in total. The van der Waals surface area contributed by atoms with E-state index >= 15 is 0 Å². The van der Waals surface area contributed by atoms with Gasteiger partial charge >= 0.3 is 0 Å². The van der Waals surface area contributed by atoms with Crippen molar-refractivity contribution >= 4 is 5.69 Å². The zero-order valence-corrected chi connectivity index (χ0v) is 10.1. The third-order valence-corrected chi connectivity index (χ3v) is 3.35. The summed E-state index contributed by atoms with van der Waals surface area (Å²) in [5.74, 6) is 0. The van der Waals surface area contributed by atoms with Gasteiger partial charge in [0.1, 0.15) is 5.70 Å². The van der Waals surface area contributed by atoms with E-state index in [0.717, 1.165) is 11.4 Å². The van der Waals surface area contributed by atoms with E-state index in [-0.39, 0.29) is 5.41 Å². The minimum atomic E-state index is -0.149. The molecule has 1 aromatic carbocycles. The first-order valence-corrected chi connectivity index (χ1v) is 5.38. The second-order valence-corrected chi connectivity index (χ2v) is 4.73. The molecule has 1 aromatic rings. The van der Waals surface area contributed by atoms with E-state index in [9.17, 15) is 4.91 Å². The third kappa shape index (κ3) is 1.28. The van der Waals surface area contributed by atoms with Crippen LogP contribution in [0.15, 0.2) is 40.8 Å². The molecule has 1 heterocycles. The number of anilines is 1. The van der Waals surface area contributed by atoms with Gasteiger partial charge < -0.3 is 4.90 Å². The smallest absolute Gasteiger partial charge is 0.102 e. The van der Waals surface area contributed by atoms with Gasteiger partial charge in [-0.25, -0.2) is 0 Å². The van der Waals surface area contributed by atoms with Crippen molar-refractivity contribution in [3.63, 3.8) is 0 Å². The van der Waals surface area contributed by atoms with Gasteiger partial charge in [0, 0.05) is 18.2 Å². The average molecular weight is 216 g/mol. The van der Waals surface area contributed by atoms with Crippen molar-refractivity contribution in [1.29, 1.82) is 0 Å². The van der Waals surface area contributed by atoms with E-state index in [1.807, 2.05) is 19.2 Å². The van der Waals surface area contributed by atoms with E-state index in [1.165, 1.54) is 5.56 Å². The van der Waals surface area contributed by atoms with Crippen molar-refractivity contribution in [2.45, 2.75) is 26.2 Å². The first-order valence-electron chi connectivity index (χ1n) is 5.38. The molecule has 2 rings (SSSR count). The molecule has 0 radical (unpaired) electrons. The largest absolute Gasteiger partial charge is 0.345 e. The summed E-state index contributed by atoms with van der Waals surface area (Å²) in [5.41, 5.74) is 3.80. The number of rotatable bonds is 1. The highest BCUT2D eigenvalue weighted by atomic mass is 16.3. The standard InChI is InChI=1S/C13H16N2O/c1-9(14-16)12-13(2,3)10-7-5-6-8-11(10)15(12)4/h5-8H,1-4H3. The van der Waals surface area contributed by atoms with Crippen LogP contribution in [0.4, 0.5) is 5.69 Å². The molecule has 0 atom stereocenters. The van der Waals surface area contributed by atoms with E-state index in [4.69, 9.17) is 0 Å². The second-order valence-electron chi connectivity index (χ2n) is 4.73. The number of nitrogens with zero attached hydrogens (tertiary/aromatic N) is 2. The van der Waals surface area contributed by atoms with Gasteiger partial charge in [0.15, 0.2) is 0 Å². The molecule has 1 aliphatic rings. The number of allylic oxidation sites excluding steroid dienone is 2. The van der Waals surface area contributed by atoms with Crippen LogP contribution in [-0.2, 0) is 5.41 Å². The van der Waals surface area contributed by atoms with Crippen LogP contribution in [0.1, 0.15) is 26.3 Å². The molecular weight excluding hydrogens is 200 g/mol. The first kappa shape index (κ1) is 10.9. The Hall–Kier alpha value is -1.64. The molecule has 1 aliphatic heterocycles. The van der Waals surface area contributed by atoms with Crippen LogP contribution in [0, 0.1) is 4.91 Å². The number of nitroso groups, excluding NO2 is 1. The van der Waals surface area contributed by atoms with Crippen LogP contribution in [0.25, 0.3) is 0 Å². The van der Waals surface area contributed by atoms with Crippen LogP contribution < -0.4 is 4.90 Å². The number of hydrogen-bond acceptors (Lipinski definition) is 3. The summed E-state index contributed by atoms with van der Waals surface area (Å²) in [5, 5.41) is 3.09. The lowest BCUT2D eigenvalue weighted by atomic mass is 9.83. The van der Waals surface area contributed by atoms with Gasteiger partial charge in [-0.1, -0.05) is 32.0 Å². The number of para-hydroxylation sites is 1. The van der Waals surface area contributed by atoms with Crippen molar-refractivity contribution in [2.24, 2.45) is 5.18 Å². The Morgan fingerprint density at radius 2 is 1.94 bits per heavy atom. The van der Waals surface area contributed by atoms with Crippen molar-refractivity contribution in [2.75, 3.05) is 11.9 Å². The van der Waals surface area contributed by atoms with Crippen LogP contribution in [0.5, 0.6) is 0 Å². The molecule has 3 heteroatoms. The summed E-state index contributed by atoms with van der Waals surface area (Å²) in [7, 11) is 1.98. The zero-order valence-electron chi connectivity index (χ0n) is 10.1. The highest BCUT2D eigenvalue weighted by Gasteiger charge is 2.39. The summed E-state index contributed by atoms with van der Waals surface area (Å²) in [6, 6.07) is 8.22. The number of benzene rings is 1. The minimum absolute atomic E-state index is 0.149. The SMILES string of the molecule is CC(N=O)=C1N(C)c2ccccc2C1(C)C. The Balaban J connectivity index is 2.71. The number of fused-ring (bicyclic) bond motifs is 1. The van der Waals surface area contributed by atoms with Gasteiger partial charge in [-0.2, -0.15) is 0 Å². The van der Waals surface area contributed by atoms with E-state index < -0.39 is 0 Å². The Bertz CT molecular complexity index is 475. The lowest BCUT2D eigenvalue weighted by Gasteiger charge is -2.24. The minimum Gasteiger partial charge on any atom is -0.345 e. The lowest BCUT2D eigenvalue weighted by molar-refractivity contribution is 0.630. The molecule has 0 saturated heterocycles. The molecule has 0 amide bonds. The van der Waals surface area contributed by atoms with Crippen LogP contribution in [-0.4, -0.2) is 7.05 Å². The molecular formula is C13H16N2O. The maximum Gasteiger partial charge on any atom is 0.102 e. The Kier molecular flexibility index (Phi) is 2.34. The summed E-state index contributed by atoms with van der Waals surface area (Å²) < 4.78 is 0. The van der Waals surface area contributed by atoms with Crippen molar-refractivity contribution < 1.29 is 0 Å². The van der Waals surface area contributed by atoms with Gasteiger partial charge in [0.05, 0.1) is 5.70 Å². The molecule has 0 fully saturated rings. The Morgan fingerprint density at radius 3 is 2.50 bits per heavy atom. The van der Waals surface area contributed by atoms with E-state index in [1.54, 1.807) is 6.92 Å². The number of likely N-dealkylation sites (N-methyl/N-ethyl adjacent to an activating group) is 1. The molecule has 0 aliphatic carbocycles. The molecule has 3 nitrogen and oxygen atoms in total. The van der Waals surface area contributed by atoms with Crippen LogP contribution >= 0.6 is 0 Å². The Labute approximate surface area is 95.7 Å². The molecule has 0 aromatic heterocycles. The monoisotopic (exact) mass is 216 g/mol. The topological polar surface area (TPSA) is 32.7 Å². The molecule has 0 unspecified atom stereocenters. The van der Waals surface area contributed by atoms with Crippen LogP contribution in [0.2, 0.25) is 0 Å². The number of hydrogen-bond donors (Lipinski definition) is 0. The third-order valence-electron chi connectivity index (χ3n) is 3.35. The van der Waals surface area contributed by atoms with Crippen molar-refractivity contribution in [3.05, 3.63) is 46.1 Å². The normalized spacial score (nSPS) is 20.6. The van der Waals surface area contributed by atoms with Crippen molar-refractivity contribution in [1.82, 2.24) is 0 Å². The van der Waals surface area contributed by atoms with Gasteiger partial charge in [0.25, 0.3) is 0 Å².